The van der Waals surface area contributed by atoms with Gasteiger partial charge in [0.1, 0.15) is 5.60 Å². The van der Waals surface area contributed by atoms with Crippen LogP contribution in [0.2, 0.25) is 0 Å². The average Bonchev–Trinajstić information content (AvgIpc) is 3.21. The molecule has 2 saturated heterocycles. The van der Waals surface area contributed by atoms with Crippen molar-refractivity contribution in [1.82, 2.24) is 10.2 Å². The number of piperidine rings is 1. The maximum Gasteiger partial charge on any atom is 0.409 e. The number of rotatable bonds is 4. The van der Waals surface area contributed by atoms with E-state index in [0.29, 0.717) is 50.2 Å². The number of ether oxygens (including phenoxy) is 3. The molecule has 1 atom stereocenters. The van der Waals surface area contributed by atoms with Crippen LogP contribution in [0.5, 0.6) is 0 Å². The van der Waals surface area contributed by atoms with E-state index in [4.69, 9.17) is 14.2 Å². The molecule has 3 aliphatic rings. The summed E-state index contributed by atoms with van der Waals surface area (Å²) in [6, 6.07) is 0. The fourth-order valence-corrected chi connectivity index (χ4v) is 3.84. The van der Waals surface area contributed by atoms with Gasteiger partial charge in [0.15, 0.2) is 0 Å². The maximum atomic E-state index is 12.8. The van der Waals surface area contributed by atoms with Crippen LogP contribution >= 0.6 is 0 Å². The van der Waals surface area contributed by atoms with Crippen LogP contribution in [-0.2, 0) is 23.8 Å². The van der Waals surface area contributed by atoms with Crippen molar-refractivity contribution in [3.8, 4) is 0 Å². The van der Waals surface area contributed by atoms with E-state index in [0.717, 1.165) is 19.4 Å². The Balaban J connectivity index is 1.67. The quantitative estimate of drug-likeness (QED) is 0.750. The SMILES string of the molecule is CCOC(=O)N1CCC2(CC1)OC(=O)C(C)=C2C(=O)NCC1CCCO1. The minimum atomic E-state index is -0.954. The molecule has 0 radical (unpaired) electrons. The largest absolute Gasteiger partial charge is 0.450 e. The Morgan fingerprint density at radius 3 is 2.69 bits per heavy atom. The third-order valence-corrected chi connectivity index (χ3v) is 5.26. The van der Waals surface area contributed by atoms with E-state index in [1.807, 2.05) is 0 Å². The molecule has 3 rings (SSSR count). The zero-order valence-electron chi connectivity index (χ0n) is 15.3. The first-order valence-electron chi connectivity index (χ1n) is 9.23. The summed E-state index contributed by atoms with van der Waals surface area (Å²) in [4.78, 5) is 38.4. The van der Waals surface area contributed by atoms with Crippen LogP contribution in [0.4, 0.5) is 4.79 Å². The first-order valence-corrected chi connectivity index (χ1v) is 9.23. The molecule has 0 aromatic carbocycles. The zero-order valence-corrected chi connectivity index (χ0v) is 15.3. The van der Waals surface area contributed by atoms with Crippen LogP contribution in [0.15, 0.2) is 11.1 Å². The van der Waals surface area contributed by atoms with Crippen LogP contribution in [-0.4, -0.2) is 67.4 Å². The number of nitrogens with one attached hydrogen (secondary N) is 1. The van der Waals surface area contributed by atoms with Crippen LogP contribution in [0, 0.1) is 0 Å². The first-order chi connectivity index (χ1) is 12.5. The van der Waals surface area contributed by atoms with Gasteiger partial charge in [-0.15, -0.1) is 0 Å². The van der Waals surface area contributed by atoms with Gasteiger partial charge < -0.3 is 24.4 Å². The number of carbonyl (C=O) groups excluding carboxylic acids is 3. The van der Waals surface area contributed by atoms with Gasteiger partial charge in [-0.1, -0.05) is 0 Å². The average molecular weight is 366 g/mol. The molecule has 2 fully saturated rings. The molecule has 0 aromatic rings. The number of amides is 2. The molecule has 144 valence electrons. The molecule has 0 aliphatic carbocycles. The first kappa shape index (κ1) is 18.7. The van der Waals surface area contributed by atoms with Gasteiger partial charge in [0.05, 0.1) is 18.3 Å². The Labute approximate surface area is 152 Å². The van der Waals surface area contributed by atoms with Crippen molar-refractivity contribution in [3.05, 3.63) is 11.1 Å². The van der Waals surface area contributed by atoms with Gasteiger partial charge in [0.2, 0.25) is 0 Å². The highest BCUT2D eigenvalue weighted by atomic mass is 16.6. The molecule has 0 bridgehead atoms. The molecule has 8 nitrogen and oxygen atoms in total. The molecular formula is C18H26N2O6. The predicted octanol–water partition coefficient (Wildman–Crippen LogP) is 1.15. The molecule has 8 heteroatoms. The highest BCUT2D eigenvalue weighted by molar-refractivity contribution is 6.07. The summed E-state index contributed by atoms with van der Waals surface area (Å²) < 4.78 is 16.2. The van der Waals surface area contributed by atoms with Crippen LogP contribution < -0.4 is 5.32 Å². The molecule has 0 aromatic heterocycles. The van der Waals surface area contributed by atoms with Crippen molar-refractivity contribution in [3.63, 3.8) is 0 Å². The van der Waals surface area contributed by atoms with Gasteiger partial charge in [-0.25, -0.2) is 9.59 Å². The molecule has 2 amide bonds. The summed E-state index contributed by atoms with van der Waals surface area (Å²) in [7, 11) is 0. The van der Waals surface area contributed by atoms with Crippen LogP contribution in [0.3, 0.4) is 0 Å². The van der Waals surface area contributed by atoms with E-state index in [1.54, 1.807) is 18.7 Å². The minimum Gasteiger partial charge on any atom is -0.450 e. The monoisotopic (exact) mass is 366 g/mol. The van der Waals surface area contributed by atoms with Crippen molar-refractivity contribution < 1.29 is 28.6 Å². The normalized spacial score (nSPS) is 24.8. The minimum absolute atomic E-state index is 0.0273. The topological polar surface area (TPSA) is 94.2 Å². The van der Waals surface area contributed by atoms with Crippen LogP contribution in [0.1, 0.15) is 39.5 Å². The van der Waals surface area contributed by atoms with E-state index >= 15 is 0 Å². The third kappa shape index (κ3) is 3.56. The number of nitrogens with zero attached hydrogens (tertiary/aromatic N) is 1. The van der Waals surface area contributed by atoms with Crippen molar-refractivity contribution in [2.45, 2.75) is 51.2 Å². The van der Waals surface area contributed by atoms with E-state index in [2.05, 4.69) is 5.32 Å². The van der Waals surface area contributed by atoms with E-state index in [9.17, 15) is 14.4 Å². The summed E-state index contributed by atoms with van der Waals surface area (Å²) in [5, 5.41) is 2.88. The van der Waals surface area contributed by atoms with E-state index < -0.39 is 11.6 Å². The summed E-state index contributed by atoms with van der Waals surface area (Å²) in [6.45, 7) is 5.59. The summed E-state index contributed by atoms with van der Waals surface area (Å²) >= 11 is 0. The standard InChI is InChI=1S/C18H26N2O6/c1-3-24-17(23)20-8-6-18(7-9-20)14(12(2)16(22)26-18)15(21)19-11-13-5-4-10-25-13/h13H,3-11H2,1-2H3,(H,19,21). The lowest BCUT2D eigenvalue weighted by molar-refractivity contribution is -0.150. The Hall–Kier alpha value is -2.09. The number of carbonyl (C=O) groups is 3. The number of hydrogen-bond acceptors (Lipinski definition) is 6. The highest BCUT2D eigenvalue weighted by Gasteiger charge is 2.51. The van der Waals surface area contributed by atoms with Crippen LogP contribution in [0.25, 0.3) is 0 Å². The van der Waals surface area contributed by atoms with Crippen molar-refractivity contribution in [1.29, 1.82) is 0 Å². The second-order valence-corrected chi connectivity index (χ2v) is 6.91. The van der Waals surface area contributed by atoms with E-state index in [-0.39, 0.29) is 18.1 Å². The zero-order chi connectivity index (χ0) is 18.7. The summed E-state index contributed by atoms with van der Waals surface area (Å²) in [5.41, 5.74) is -0.214. The molecule has 1 unspecified atom stereocenters. The van der Waals surface area contributed by atoms with E-state index in [1.165, 1.54) is 0 Å². The molecule has 26 heavy (non-hydrogen) atoms. The van der Waals surface area contributed by atoms with Gasteiger partial charge in [0, 0.05) is 44.7 Å². The van der Waals surface area contributed by atoms with Gasteiger partial charge in [-0.2, -0.15) is 0 Å². The number of likely N-dealkylation sites (tertiary alicyclic amines) is 1. The fourth-order valence-electron chi connectivity index (χ4n) is 3.84. The Kier molecular flexibility index (Phi) is 5.50. The second kappa shape index (κ2) is 7.65. The predicted molar refractivity (Wildman–Crippen MR) is 91.3 cm³/mol. The van der Waals surface area contributed by atoms with Gasteiger partial charge >= 0.3 is 12.1 Å². The van der Waals surface area contributed by atoms with Crippen molar-refractivity contribution in [2.24, 2.45) is 0 Å². The van der Waals surface area contributed by atoms with Gasteiger partial charge in [-0.05, 0) is 26.7 Å². The summed E-state index contributed by atoms with van der Waals surface area (Å²) in [5.74, 6) is -0.745. The lowest BCUT2D eigenvalue weighted by Gasteiger charge is -2.38. The fraction of sp³-hybridized carbons (Fsp3) is 0.722. The molecule has 0 saturated carbocycles. The lowest BCUT2D eigenvalue weighted by atomic mass is 9.83. The smallest absolute Gasteiger partial charge is 0.409 e. The van der Waals surface area contributed by atoms with Crippen molar-refractivity contribution >= 4 is 18.0 Å². The summed E-state index contributed by atoms with van der Waals surface area (Å²) in [6.07, 6.45) is 2.34. The molecular weight excluding hydrogens is 340 g/mol. The Bertz CT molecular complexity index is 615. The number of esters is 1. The maximum absolute atomic E-state index is 12.8. The second-order valence-electron chi connectivity index (χ2n) is 6.91. The Morgan fingerprint density at radius 1 is 1.35 bits per heavy atom. The van der Waals surface area contributed by atoms with Gasteiger partial charge in [-0.3, -0.25) is 4.79 Å². The van der Waals surface area contributed by atoms with Gasteiger partial charge in [0.25, 0.3) is 5.91 Å². The van der Waals surface area contributed by atoms with Crippen molar-refractivity contribution in [2.75, 3.05) is 32.8 Å². The lowest BCUT2D eigenvalue weighted by Crippen LogP contribution is -2.50. The molecule has 3 heterocycles. The molecule has 1 spiro atoms. The highest BCUT2D eigenvalue weighted by Crippen LogP contribution is 2.41. The molecule has 3 aliphatic heterocycles. The third-order valence-electron chi connectivity index (χ3n) is 5.26. The molecule has 1 N–H and O–H groups in total. The Morgan fingerprint density at radius 2 is 2.08 bits per heavy atom. The number of hydrogen-bond donors (Lipinski definition) is 1.